The van der Waals surface area contributed by atoms with Crippen molar-refractivity contribution in [1.29, 1.82) is 0 Å². The van der Waals surface area contributed by atoms with Gasteiger partial charge in [0, 0.05) is 0 Å². The molecule has 0 aliphatic carbocycles. The van der Waals surface area contributed by atoms with Gasteiger partial charge in [-0.25, -0.2) is 4.98 Å². The lowest BCUT2D eigenvalue weighted by Gasteiger charge is -2.03. The van der Waals surface area contributed by atoms with Crippen molar-refractivity contribution in [1.82, 2.24) is 9.38 Å². The molecule has 2 heterocycles. The number of aromatic nitrogens is 2. The maximum atomic E-state index is 5.21. The number of ether oxygens (including phenoxy) is 1. The number of fused-ring (bicyclic) bond motifs is 1. The Hall–Kier alpha value is -1.03. The van der Waals surface area contributed by atoms with E-state index in [4.69, 9.17) is 4.74 Å². The van der Waals surface area contributed by atoms with Crippen LogP contribution in [0, 0.1) is 6.92 Å². The molecule has 0 atom stereocenters. The fourth-order valence-electron chi connectivity index (χ4n) is 1.30. The first-order valence-electron chi connectivity index (χ1n) is 3.91. The van der Waals surface area contributed by atoms with Crippen molar-refractivity contribution >= 4 is 21.6 Å². The van der Waals surface area contributed by atoms with Crippen LogP contribution in [0.4, 0.5) is 0 Å². The molecule has 68 valence electrons. The molecule has 3 nitrogen and oxygen atoms in total. The van der Waals surface area contributed by atoms with Crippen LogP contribution in [-0.4, -0.2) is 16.5 Å². The van der Waals surface area contributed by atoms with E-state index in [9.17, 15) is 0 Å². The lowest BCUT2D eigenvalue weighted by atomic mass is 10.4. The standard InChI is InChI=1S/C9H9BrN2O/c1-6-9(10)12-7(11-6)4-3-5-8(12)13-2/h3-5H,1-2H3. The SMILES string of the molecule is COc1cccc2nc(C)c(Br)n12. The van der Waals surface area contributed by atoms with Gasteiger partial charge in [0.2, 0.25) is 0 Å². The summed E-state index contributed by atoms with van der Waals surface area (Å²) in [5, 5.41) is 0. The first-order valence-corrected chi connectivity index (χ1v) is 4.71. The topological polar surface area (TPSA) is 26.5 Å². The Kier molecular flexibility index (Phi) is 2.00. The van der Waals surface area contributed by atoms with Crippen LogP contribution in [0.15, 0.2) is 22.8 Å². The third kappa shape index (κ3) is 1.21. The zero-order chi connectivity index (χ0) is 9.42. The van der Waals surface area contributed by atoms with Gasteiger partial charge in [0.15, 0.2) is 5.88 Å². The van der Waals surface area contributed by atoms with E-state index in [2.05, 4.69) is 20.9 Å². The van der Waals surface area contributed by atoms with E-state index in [0.717, 1.165) is 21.8 Å². The second-order valence-electron chi connectivity index (χ2n) is 2.75. The predicted octanol–water partition coefficient (Wildman–Crippen LogP) is 2.41. The average molecular weight is 241 g/mol. The van der Waals surface area contributed by atoms with Crippen LogP contribution in [0.2, 0.25) is 0 Å². The number of rotatable bonds is 1. The number of methoxy groups -OCH3 is 1. The maximum Gasteiger partial charge on any atom is 0.199 e. The molecule has 0 N–H and O–H groups in total. The number of imidazole rings is 1. The summed E-state index contributed by atoms with van der Waals surface area (Å²) in [6.45, 7) is 1.95. The van der Waals surface area contributed by atoms with Crippen LogP contribution >= 0.6 is 15.9 Å². The molecule has 0 saturated carbocycles. The second kappa shape index (κ2) is 3.03. The quantitative estimate of drug-likeness (QED) is 0.766. The molecule has 0 amide bonds. The molecule has 0 bridgehead atoms. The van der Waals surface area contributed by atoms with E-state index in [1.807, 2.05) is 29.5 Å². The Labute approximate surface area is 84.5 Å². The predicted molar refractivity (Wildman–Crippen MR) is 54.2 cm³/mol. The first-order chi connectivity index (χ1) is 6.24. The van der Waals surface area contributed by atoms with E-state index in [1.165, 1.54) is 0 Å². The number of hydrogen-bond donors (Lipinski definition) is 0. The zero-order valence-electron chi connectivity index (χ0n) is 7.41. The summed E-state index contributed by atoms with van der Waals surface area (Å²) in [5.74, 6) is 0.782. The van der Waals surface area contributed by atoms with Crippen LogP contribution < -0.4 is 4.74 Å². The minimum Gasteiger partial charge on any atom is -0.482 e. The minimum atomic E-state index is 0.782. The van der Waals surface area contributed by atoms with E-state index in [1.54, 1.807) is 7.11 Å². The smallest absolute Gasteiger partial charge is 0.199 e. The Bertz CT molecular complexity index is 450. The van der Waals surface area contributed by atoms with Crippen LogP contribution in [0.5, 0.6) is 5.88 Å². The average Bonchev–Trinajstić information content (AvgIpc) is 2.43. The molecular formula is C9H9BrN2O. The van der Waals surface area contributed by atoms with Crippen LogP contribution in [-0.2, 0) is 0 Å². The maximum absolute atomic E-state index is 5.21. The van der Waals surface area contributed by atoms with Crippen molar-refractivity contribution in [3.63, 3.8) is 0 Å². The largest absolute Gasteiger partial charge is 0.482 e. The highest BCUT2D eigenvalue weighted by Crippen LogP contribution is 2.23. The van der Waals surface area contributed by atoms with Crippen LogP contribution in [0.25, 0.3) is 5.65 Å². The van der Waals surface area contributed by atoms with Crippen molar-refractivity contribution < 1.29 is 4.74 Å². The Balaban J connectivity index is 2.87. The molecule has 0 radical (unpaired) electrons. The third-order valence-electron chi connectivity index (χ3n) is 1.92. The molecule has 0 aliphatic heterocycles. The lowest BCUT2D eigenvalue weighted by molar-refractivity contribution is 0.391. The number of halogens is 1. The Morgan fingerprint density at radius 2 is 2.23 bits per heavy atom. The zero-order valence-corrected chi connectivity index (χ0v) is 9.00. The molecular weight excluding hydrogens is 232 g/mol. The van der Waals surface area contributed by atoms with Gasteiger partial charge < -0.3 is 4.74 Å². The number of aryl methyl sites for hydroxylation is 1. The summed E-state index contributed by atoms with van der Waals surface area (Å²) in [5.41, 5.74) is 1.85. The van der Waals surface area contributed by atoms with Gasteiger partial charge in [-0.3, -0.25) is 4.40 Å². The molecule has 0 aliphatic rings. The number of pyridine rings is 1. The van der Waals surface area contributed by atoms with Gasteiger partial charge in [-0.1, -0.05) is 6.07 Å². The van der Waals surface area contributed by atoms with Gasteiger partial charge in [0.1, 0.15) is 10.3 Å². The van der Waals surface area contributed by atoms with Crippen molar-refractivity contribution in [2.75, 3.05) is 7.11 Å². The third-order valence-corrected chi connectivity index (χ3v) is 2.85. The molecule has 2 aromatic rings. The van der Waals surface area contributed by atoms with Crippen molar-refractivity contribution in [2.24, 2.45) is 0 Å². The number of nitrogens with zero attached hydrogens (tertiary/aromatic N) is 2. The Morgan fingerprint density at radius 3 is 2.92 bits per heavy atom. The minimum absolute atomic E-state index is 0.782. The molecule has 13 heavy (non-hydrogen) atoms. The normalized spacial score (nSPS) is 10.7. The molecule has 4 heteroatoms. The van der Waals surface area contributed by atoms with Crippen LogP contribution in [0.1, 0.15) is 5.69 Å². The highest BCUT2D eigenvalue weighted by Gasteiger charge is 2.08. The van der Waals surface area contributed by atoms with Crippen molar-refractivity contribution in [3.8, 4) is 5.88 Å². The molecule has 0 fully saturated rings. The van der Waals surface area contributed by atoms with Gasteiger partial charge in [0.25, 0.3) is 0 Å². The van der Waals surface area contributed by atoms with E-state index in [-0.39, 0.29) is 0 Å². The van der Waals surface area contributed by atoms with Gasteiger partial charge in [-0.2, -0.15) is 0 Å². The van der Waals surface area contributed by atoms with Gasteiger partial charge in [-0.05, 0) is 35.0 Å². The highest BCUT2D eigenvalue weighted by atomic mass is 79.9. The molecule has 2 aromatic heterocycles. The summed E-state index contributed by atoms with van der Waals surface area (Å²) < 4.78 is 8.08. The molecule has 2 rings (SSSR count). The fraction of sp³-hybridized carbons (Fsp3) is 0.222. The van der Waals surface area contributed by atoms with Crippen molar-refractivity contribution in [3.05, 3.63) is 28.5 Å². The van der Waals surface area contributed by atoms with Gasteiger partial charge >= 0.3 is 0 Å². The van der Waals surface area contributed by atoms with Crippen molar-refractivity contribution in [2.45, 2.75) is 6.92 Å². The summed E-state index contributed by atoms with van der Waals surface area (Å²) in [4.78, 5) is 4.36. The highest BCUT2D eigenvalue weighted by molar-refractivity contribution is 9.10. The second-order valence-corrected chi connectivity index (χ2v) is 3.50. The van der Waals surface area contributed by atoms with Crippen LogP contribution in [0.3, 0.4) is 0 Å². The Morgan fingerprint density at radius 1 is 1.46 bits per heavy atom. The molecule has 0 unspecified atom stereocenters. The van der Waals surface area contributed by atoms with Gasteiger partial charge in [-0.15, -0.1) is 0 Å². The monoisotopic (exact) mass is 240 g/mol. The molecule has 0 saturated heterocycles. The summed E-state index contributed by atoms with van der Waals surface area (Å²) >= 11 is 3.46. The number of hydrogen-bond acceptors (Lipinski definition) is 2. The van der Waals surface area contributed by atoms with E-state index >= 15 is 0 Å². The van der Waals surface area contributed by atoms with E-state index in [0.29, 0.717) is 0 Å². The van der Waals surface area contributed by atoms with Gasteiger partial charge in [0.05, 0.1) is 12.8 Å². The first kappa shape index (κ1) is 8.56. The summed E-state index contributed by atoms with van der Waals surface area (Å²) in [7, 11) is 1.65. The molecule has 0 aromatic carbocycles. The van der Waals surface area contributed by atoms with E-state index < -0.39 is 0 Å². The molecule has 0 spiro atoms. The summed E-state index contributed by atoms with van der Waals surface area (Å²) in [6.07, 6.45) is 0. The summed E-state index contributed by atoms with van der Waals surface area (Å²) in [6, 6.07) is 5.77. The fourth-order valence-corrected chi connectivity index (χ4v) is 1.75. The lowest BCUT2D eigenvalue weighted by Crippen LogP contribution is -1.93.